The highest BCUT2D eigenvalue weighted by Gasteiger charge is 2.11. The molecule has 0 aliphatic rings. The highest BCUT2D eigenvalue weighted by molar-refractivity contribution is 5.90. The molecular formula is C24H21NO6. The summed E-state index contributed by atoms with van der Waals surface area (Å²) in [6, 6.07) is 16.6. The first-order chi connectivity index (χ1) is 14.9. The number of nitrogens with zero attached hydrogens (tertiary/aromatic N) is 1. The van der Waals surface area contributed by atoms with Crippen LogP contribution in [0.1, 0.15) is 37.4 Å². The number of ether oxygens (including phenoxy) is 2. The van der Waals surface area contributed by atoms with Crippen LogP contribution in [-0.4, -0.2) is 35.5 Å². The highest BCUT2D eigenvalue weighted by Crippen LogP contribution is 2.31. The van der Waals surface area contributed by atoms with Gasteiger partial charge in [-0.2, -0.15) is 0 Å². The zero-order valence-electron chi connectivity index (χ0n) is 17.0. The lowest BCUT2D eigenvalue weighted by molar-refractivity contribution is 0.0686. The quantitative estimate of drug-likeness (QED) is 0.512. The van der Waals surface area contributed by atoms with E-state index in [-0.39, 0.29) is 17.7 Å². The lowest BCUT2D eigenvalue weighted by Crippen LogP contribution is -2.02. The van der Waals surface area contributed by atoms with E-state index in [9.17, 15) is 9.59 Å². The Balaban J connectivity index is 1.84. The molecule has 0 fully saturated rings. The van der Waals surface area contributed by atoms with Crippen molar-refractivity contribution in [1.82, 2.24) is 0 Å². The van der Waals surface area contributed by atoms with Crippen molar-refractivity contribution in [2.45, 2.75) is 13.5 Å². The van der Waals surface area contributed by atoms with Gasteiger partial charge in [0.2, 0.25) is 0 Å². The largest absolute Gasteiger partial charge is 0.493 e. The number of rotatable bonds is 8. The van der Waals surface area contributed by atoms with Crippen molar-refractivity contribution >= 4 is 23.8 Å². The minimum absolute atomic E-state index is 0.204. The SMILES string of the molecule is COc1cccc(C=Nc2ccc(C(=O)O)cc2C)c1OCc1ccc(C(=O)O)cc1. The monoisotopic (exact) mass is 419 g/mol. The van der Waals surface area contributed by atoms with E-state index in [1.807, 2.05) is 12.1 Å². The second-order valence-electron chi connectivity index (χ2n) is 6.73. The second-order valence-corrected chi connectivity index (χ2v) is 6.73. The number of aromatic carboxylic acids is 2. The average molecular weight is 419 g/mol. The van der Waals surface area contributed by atoms with Crippen molar-refractivity contribution in [1.29, 1.82) is 0 Å². The predicted molar refractivity (Wildman–Crippen MR) is 116 cm³/mol. The smallest absolute Gasteiger partial charge is 0.335 e. The van der Waals surface area contributed by atoms with Crippen LogP contribution in [0.25, 0.3) is 0 Å². The molecule has 7 nitrogen and oxygen atoms in total. The number of carbonyl (C=O) groups is 2. The molecule has 7 heteroatoms. The Morgan fingerprint density at radius 3 is 2.26 bits per heavy atom. The maximum absolute atomic E-state index is 11.1. The fourth-order valence-corrected chi connectivity index (χ4v) is 2.92. The summed E-state index contributed by atoms with van der Waals surface area (Å²) < 4.78 is 11.4. The standard InChI is InChI=1S/C24H21NO6/c1-15-12-18(24(28)29)10-11-20(15)25-13-19-4-3-5-21(30-2)22(19)31-14-16-6-8-17(9-7-16)23(26)27/h3-13H,14H2,1-2H3,(H,26,27)(H,28,29). The molecule has 0 aliphatic carbocycles. The van der Waals surface area contributed by atoms with Crippen LogP contribution in [0.15, 0.2) is 65.7 Å². The Kier molecular flexibility index (Phi) is 6.67. The predicted octanol–water partition coefficient (Wildman–Crippen LogP) is 4.73. The summed E-state index contributed by atoms with van der Waals surface area (Å²) in [4.78, 5) is 26.6. The van der Waals surface area contributed by atoms with Crippen molar-refractivity contribution in [2.24, 2.45) is 4.99 Å². The van der Waals surface area contributed by atoms with Gasteiger partial charge in [-0.25, -0.2) is 9.59 Å². The average Bonchev–Trinajstić information content (AvgIpc) is 2.77. The fraction of sp³-hybridized carbons (Fsp3) is 0.125. The molecule has 158 valence electrons. The van der Waals surface area contributed by atoms with Crippen molar-refractivity contribution in [3.63, 3.8) is 0 Å². The van der Waals surface area contributed by atoms with Gasteiger partial charge in [0, 0.05) is 11.8 Å². The van der Waals surface area contributed by atoms with Crippen molar-refractivity contribution in [3.05, 3.63) is 88.5 Å². The summed E-state index contributed by atoms with van der Waals surface area (Å²) in [5.41, 5.74) is 3.28. The number of aliphatic imine (C=N–C) groups is 1. The van der Waals surface area contributed by atoms with Gasteiger partial charge in [-0.05, 0) is 60.5 Å². The third-order valence-electron chi connectivity index (χ3n) is 4.60. The van der Waals surface area contributed by atoms with Crippen molar-refractivity contribution in [2.75, 3.05) is 7.11 Å². The molecule has 0 saturated carbocycles. The molecule has 0 amide bonds. The summed E-state index contributed by atoms with van der Waals surface area (Å²) >= 11 is 0. The van der Waals surface area contributed by atoms with Gasteiger partial charge in [-0.3, -0.25) is 4.99 Å². The first-order valence-electron chi connectivity index (χ1n) is 9.39. The van der Waals surface area contributed by atoms with E-state index in [0.29, 0.717) is 22.7 Å². The topological polar surface area (TPSA) is 105 Å². The summed E-state index contributed by atoms with van der Waals surface area (Å²) in [5, 5.41) is 18.1. The summed E-state index contributed by atoms with van der Waals surface area (Å²) in [6.45, 7) is 2.01. The molecule has 3 aromatic rings. The van der Waals surface area contributed by atoms with Crippen LogP contribution in [0, 0.1) is 6.92 Å². The van der Waals surface area contributed by atoms with Gasteiger partial charge < -0.3 is 19.7 Å². The van der Waals surface area contributed by atoms with Crippen LogP contribution in [0.2, 0.25) is 0 Å². The number of methoxy groups -OCH3 is 1. The van der Waals surface area contributed by atoms with Gasteiger partial charge in [0.15, 0.2) is 11.5 Å². The summed E-state index contributed by atoms with van der Waals surface area (Å²) in [7, 11) is 1.54. The maximum atomic E-state index is 11.1. The lowest BCUT2D eigenvalue weighted by atomic mass is 10.1. The molecule has 0 spiro atoms. The Morgan fingerprint density at radius 2 is 1.65 bits per heavy atom. The zero-order chi connectivity index (χ0) is 22.4. The molecule has 3 aromatic carbocycles. The van der Waals surface area contributed by atoms with E-state index >= 15 is 0 Å². The fourth-order valence-electron chi connectivity index (χ4n) is 2.92. The molecule has 0 atom stereocenters. The molecule has 0 aromatic heterocycles. The van der Waals surface area contributed by atoms with E-state index in [0.717, 1.165) is 11.1 Å². The van der Waals surface area contributed by atoms with E-state index in [2.05, 4.69) is 4.99 Å². The van der Waals surface area contributed by atoms with Crippen LogP contribution in [-0.2, 0) is 6.61 Å². The molecule has 2 N–H and O–H groups in total. The zero-order valence-corrected chi connectivity index (χ0v) is 17.0. The number of hydrogen-bond donors (Lipinski definition) is 2. The molecule has 0 bridgehead atoms. The number of carboxylic acids is 2. The van der Waals surface area contributed by atoms with Crippen molar-refractivity contribution < 1.29 is 29.3 Å². The number of para-hydroxylation sites is 1. The first-order valence-corrected chi connectivity index (χ1v) is 9.39. The van der Waals surface area contributed by atoms with E-state index < -0.39 is 11.9 Å². The van der Waals surface area contributed by atoms with Gasteiger partial charge >= 0.3 is 11.9 Å². The van der Waals surface area contributed by atoms with E-state index in [1.54, 1.807) is 50.6 Å². The lowest BCUT2D eigenvalue weighted by Gasteiger charge is -2.13. The molecule has 0 aliphatic heterocycles. The molecule has 31 heavy (non-hydrogen) atoms. The third kappa shape index (κ3) is 5.27. The van der Waals surface area contributed by atoms with Crippen LogP contribution >= 0.6 is 0 Å². The molecule has 0 unspecified atom stereocenters. The third-order valence-corrected chi connectivity index (χ3v) is 4.60. The van der Waals surface area contributed by atoms with Gasteiger partial charge in [-0.15, -0.1) is 0 Å². The van der Waals surface area contributed by atoms with Crippen LogP contribution in [0.3, 0.4) is 0 Å². The normalized spacial score (nSPS) is 10.8. The van der Waals surface area contributed by atoms with Crippen LogP contribution in [0.4, 0.5) is 5.69 Å². The number of hydrogen-bond acceptors (Lipinski definition) is 5. The van der Waals surface area contributed by atoms with Gasteiger partial charge in [0.25, 0.3) is 0 Å². The van der Waals surface area contributed by atoms with Crippen molar-refractivity contribution in [3.8, 4) is 11.5 Å². The molecular weight excluding hydrogens is 398 g/mol. The molecule has 0 saturated heterocycles. The molecule has 0 heterocycles. The Labute approximate surface area is 179 Å². The number of aryl methyl sites for hydroxylation is 1. The minimum Gasteiger partial charge on any atom is -0.493 e. The van der Waals surface area contributed by atoms with Crippen LogP contribution < -0.4 is 9.47 Å². The molecule has 0 radical (unpaired) electrons. The van der Waals surface area contributed by atoms with Crippen LogP contribution in [0.5, 0.6) is 11.5 Å². The Bertz CT molecular complexity index is 1140. The molecule has 3 rings (SSSR count). The number of benzene rings is 3. The number of carboxylic acid groups (broad SMARTS) is 2. The first kappa shape index (κ1) is 21.6. The maximum Gasteiger partial charge on any atom is 0.335 e. The Morgan fingerprint density at radius 1 is 0.968 bits per heavy atom. The minimum atomic E-state index is -0.988. The van der Waals surface area contributed by atoms with Gasteiger partial charge in [0.1, 0.15) is 6.61 Å². The van der Waals surface area contributed by atoms with E-state index in [1.165, 1.54) is 18.2 Å². The van der Waals surface area contributed by atoms with Gasteiger partial charge in [-0.1, -0.05) is 18.2 Å². The van der Waals surface area contributed by atoms with Gasteiger partial charge in [0.05, 0.1) is 23.9 Å². The second kappa shape index (κ2) is 9.58. The summed E-state index contributed by atoms with van der Waals surface area (Å²) in [6.07, 6.45) is 1.63. The Hall–Kier alpha value is -4.13. The van der Waals surface area contributed by atoms with E-state index in [4.69, 9.17) is 19.7 Å². The summed E-state index contributed by atoms with van der Waals surface area (Å²) in [5.74, 6) is -0.944. The highest BCUT2D eigenvalue weighted by atomic mass is 16.5.